The molecule has 5 rings (SSSR count). The standard InChI is InChI=1S/C25H22ClNO3S/c26-22-7-9-23(10-8-22)31(28,29)27-16-14-25(15-17-27)13-12-21-18-20(6-11-24(21)30-25)19-4-2-1-3-5-19/h1-13,18H,14-17H2. The molecule has 0 aliphatic carbocycles. The van der Waals surface area contributed by atoms with Gasteiger partial charge in [0.25, 0.3) is 0 Å². The summed E-state index contributed by atoms with van der Waals surface area (Å²) in [5.74, 6) is 0.844. The van der Waals surface area contributed by atoms with Gasteiger partial charge in [-0.05, 0) is 53.6 Å². The smallest absolute Gasteiger partial charge is 0.243 e. The molecule has 0 radical (unpaired) electrons. The quantitative estimate of drug-likeness (QED) is 0.518. The fourth-order valence-corrected chi connectivity index (χ4v) is 5.77. The van der Waals surface area contributed by atoms with E-state index in [1.54, 1.807) is 24.3 Å². The van der Waals surface area contributed by atoms with Crippen molar-refractivity contribution < 1.29 is 13.2 Å². The summed E-state index contributed by atoms with van der Waals surface area (Å²) in [6.07, 6.45) is 5.41. The molecule has 0 amide bonds. The number of rotatable bonds is 3. The number of hydrogen-bond donors (Lipinski definition) is 0. The van der Waals surface area contributed by atoms with E-state index in [1.165, 1.54) is 9.87 Å². The number of fused-ring (bicyclic) bond motifs is 1. The van der Waals surface area contributed by atoms with Crippen LogP contribution in [0.2, 0.25) is 5.02 Å². The van der Waals surface area contributed by atoms with Crippen molar-refractivity contribution in [2.45, 2.75) is 23.3 Å². The molecule has 6 heteroatoms. The van der Waals surface area contributed by atoms with Gasteiger partial charge in [0.2, 0.25) is 10.0 Å². The molecule has 0 N–H and O–H groups in total. The molecule has 0 unspecified atom stereocenters. The molecule has 158 valence electrons. The van der Waals surface area contributed by atoms with E-state index in [2.05, 4.69) is 36.4 Å². The summed E-state index contributed by atoms with van der Waals surface area (Å²) in [4.78, 5) is 0.270. The van der Waals surface area contributed by atoms with E-state index in [-0.39, 0.29) is 4.90 Å². The van der Waals surface area contributed by atoms with Crippen molar-refractivity contribution in [3.63, 3.8) is 0 Å². The Hall–Kier alpha value is -2.60. The summed E-state index contributed by atoms with van der Waals surface area (Å²) in [6, 6.07) is 22.8. The molecule has 2 aliphatic heterocycles. The highest BCUT2D eigenvalue weighted by atomic mass is 35.5. The number of ether oxygens (including phenoxy) is 1. The Morgan fingerprint density at radius 3 is 2.29 bits per heavy atom. The van der Waals surface area contributed by atoms with Gasteiger partial charge in [0.1, 0.15) is 11.4 Å². The fraction of sp³-hybridized carbons (Fsp3) is 0.200. The third-order valence-electron chi connectivity index (χ3n) is 6.02. The van der Waals surface area contributed by atoms with Gasteiger partial charge in [-0.2, -0.15) is 4.31 Å². The van der Waals surface area contributed by atoms with Crippen LogP contribution in [0.15, 0.2) is 83.8 Å². The van der Waals surface area contributed by atoms with Gasteiger partial charge in [-0.15, -0.1) is 0 Å². The molecular formula is C25H22ClNO3S. The summed E-state index contributed by atoms with van der Waals surface area (Å²) in [5, 5.41) is 0.520. The molecule has 2 aliphatic rings. The molecule has 1 fully saturated rings. The van der Waals surface area contributed by atoms with Crippen molar-refractivity contribution in [1.82, 2.24) is 4.31 Å². The van der Waals surface area contributed by atoms with E-state index in [1.807, 2.05) is 24.3 Å². The maximum absolute atomic E-state index is 13.0. The summed E-state index contributed by atoms with van der Waals surface area (Å²) in [7, 11) is -3.54. The molecule has 3 aromatic rings. The van der Waals surface area contributed by atoms with Crippen LogP contribution in [0.25, 0.3) is 17.2 Å². The molecule has 4 nitrogen and oxygen atoms in total. The van der Waals surface area contributed by atoms with Gasteiger partial charge in [-0.3, -0.25) is 0 Å². The van der Waals surface area contributed by atoms with Gasteiger partial charge in [-0.25, -0.2) is 8.42 Å². The lowest BCUT2D eigenvalue weighted by Gasteiger charge is -2.41. The second kappa shape index (κ2) is 7.83. The number of nitrogens with zero attached hydrogens (tertiary/aromatic N) is 1. The van der Waals surface area contributed by atoms with Crippen LogP contribution in [0.5, 0.6) is 5.75 Å². The second-order valence-electron chi connectivity index (χ2n) is 7.98. The van der Waals surface area contributed by atoms with Crippen molar-refractivity contribution in [3.05, 3.63) is 89.5 Å². The molecule has 31 heavy (non-hydrogen) atoms. The number of halogens is 1. The topological polar surface area (TPSA) is 46.6 Å². The Morgan fingerprint density at radius 2 is 1.58 bits per heavy atom. The van der Waals surface area contributed by atoms with Gasteiger partial charge in [0.15, 0.2) is 0 Å². The van der Waals surface area contributed by atoms with Crippen LogP contribution in [0, 0.1) is 0 Å². The Kier molecular flexibility index (Phi) is 5.13. The normalized spacial score (nSPS) is 17.8. The van der Waals surface area contributed by atoms with Crippen LogP contribution in [0.3, 0.4) is 0 Å². The first-order valence-electron chi connectivity index (χ1n) is 10.3. The maximum Gasteiger partial charge on any atom is 0.243 e. The van der Waals surface area contributed by atoms with Gasteiger partial charge in [0.05, 0.1) is 4.90 Å². The molecule has 2 heterocycles. The molecule has 0 saturated carbocycles. The van der Waals surface area contributed by atoms with E-state index >= 15 is 0 Å². The molecule has 3 aromatic carbocycles. The maximum atomic E-state index is 13.0. The first-order valence-corrected chi connectivity index (χ1v) is 12.1. The van der Waals surface area contributed by atoms with Crippen molar-refractivity contribution in [1.29, 1.82) is 0 Å². The van der Waals surface area contributed by atoms with Gasteiger partial charge in [-0.1, -0.05) is 54.1 Å². The largest absolute Gasteiger partial charge is 0.482 e. The monoisotopic (exact) mass is 451 g/mol. The van der Waals surface area contributed by atoms with Crippen LogP contribution < -0.4 is 4.74 Å². The van der Waals surface area contributed by atoms with Gasteiger partial charge >= 0.3 is 0 Å². The molecule has 1 saturated heterocycles. The zero-order valence-electron chi connectivity index (χ0n) is 16.9. The SMILES string of the molecule is O=S(=O)(c1ccc(Cl)cc1)N1CCC2(C=Cc3cc(-c4ccccc4)ccc3O2)CC1. The summed E-state index contributed by atoms with van der Waals surface area (Å²) >= 11 is 5.90. The third-order valence-corrected chi connectivity index (χ3v) is 8.18. The summed E-state index contributed by atoms with van der Waals surface area (Å²) < 4.78 is 33.9. The third kappa shape index (κ3) is 3.89. The predicted molar refractivity (Wildman–Crippen MR) is 124 cm³/mol. The van der Waals surface area contributed by atoms with Crippen molar-refractivity contribution in [2.24, 2.45) is 0 Å². The van der Waals surface area contributed by atoms with E-state index in [0.717, 1.165) is 16.9 Å². The zero-order chi connectivity index (χ0) is 21.5. The van der Waals surface area contributed by atoms with Crippen LogP contribution >= 0.6 is 11.6 Å². The molecule has 1 spiro atoms. The lowest BCUT2D eigenvalue weighted by atomic mass is 9.88. The minimum absolute atomic E-state index is 0.270. The fourth-order valence-electron chi connectivity index (χ4n) is 4.21. The Balaban J connectivity index is 1.32. The average Bonchev–Trinajstić information content (AvgIpc) is 2.80. The Morgan fingerprint density at radius 1 is 0.871 bits per heavy atom. The van der Waals surface area contributed by atoms with E-state index < -0.39 is 15.6 Å². The van der Waals surface area contributed by atoms with E-state index in [9.17, 15) is 8.42 Å². The Bertz CT molecular complexity index is 1230. The second-order valence-corrected chi connectivity index (χ2v) is 10.4. The number of sulfonamides is 1. The lowest BCUT2D eigenvalue weighted by molar-refractivity contribution is 0.0620. The van der Waals surface area contributed by atoms with Gasteiger partial charge < -0.3 is 4.74 Å². The highest BCUT2D eigenvalue weighted by Crippen LogP contribution is 2.39. The first kappa shape index (κ1) is 20.3. The van der Waals surface area contributed by atoms with E-state index in [0.29, 0.717) is 31.0 Å². The highest BCUT2D eigenvalue weighted by molar-refractivity contribution is 7.89. The Labute approximate surface area is 187 Å². The predicted octanol–water partition coefficient (Wildman–Crippen LogP) is 5.64. The molecule has 0 bridgehead atoms. The molecule has 0 aromatic heterocycles. The van der Waals surface area contributed by atoms with E-state index in [4.69, 9.17) is 16.3 Å². The number of piperidine rings is 1. The van der Waals surface area contributed by atoms with Gasteiger partial charge in [0, 0.05) is 36.5 Å². The van der Waals surface area contributed by atoms with Crippen LogP contribution in [0.4, 0.5) is 0 Å². The summed E-state index contributed by atoms with van der Waals surface area (Å²) in [6.45, 7) is 0.819. The first-order chi connectivity index (χ1) is 15.0. The zero-order valence-corrected chi connectivity index (χ0v) is 18.4. The van der Waals surface area contributed by atoms with Crippen LogP contribution in [-0.2, 0) is 10.0 Å². The number of hydrogen-bond acceptors (Lipinski definition) is 3. The van der Waals surface area contributed by atoms with Crippen LogP contribution in [-0.4, -0.2) is 31.4 Å². The highest BCUT2D eigenvalue weighted by Gasteiger charge is 2.40. The molecular weight excluding hydrogens is 430 g/mol. The lowest BCUT2D eigenvalue weighted by Crippen LogP contribution is -2.49. The van der Waals surface area contributed by atoms with Crippen molar-refractivity contribution in [2.75, 3.05) is 13.1 Å². The van der Waals surface area contributed by atoms with Crippen molar-refractivity contribution in [3.8, 4) is 16.9 Å². The summed E-state index contributed by atoms with van der Waals surface area (Å²) in [5.41, 5.74) is 2.89. The molecule has 0 atom stereocenters. The van der Waals surface area contributed by atoms with Crippen LogP contribution in [0.1, 0.15) is 18.4 Å². The average molecular weight is 452 g/mol. The van der Waals surface area contributed by atoms with Crippen molar-refractivity contribution >= 4 is 27.7 Å². The number of benzene rings is 3. The minimum atomic E-state index is -3.54. The minimum Gasteiger partial charge on any atom is -0.482 e.